The number of likely N-dealkylation sites (tertiary alicyclic amines) is 1. The van der Waals surface area contributed by atoms with Crippen molar-refractivity contribution in [3.8, 4) is 0 Å². The van der Waals surface area contributed by atoms with E-state index in [-0.39, 0.29) is 37.2 Å². The average Bonchev–Trinajstić information content (AvgIpc) is 3.17. The quantitative estimate of drug-likeness (QED) is 0.532. The predicted octanol–water partition coefficient (Wildman–Crippen LogP) is 5.60. The molecule has 1 saturated heterocycles. The number of rotatable bonds is 4. The van der Waals surface area contributed by atoms with Crippen LogP contribution < -0.4 is 0 Å². The molecule has 7 heteroatoms. The Morgan fingerprint density at radius 3 is 2.35 bits per heavy atom. The van der Waals surface area contributed by atoms with Gasteiger partial charge in [0.2, 0.25) is 0 Å². The van der Waals surface area contributed by atoms with Gasteiger partial charge in [-0.2, -0.15) is 0 Å². The Hall–Kier alpha value is -0.970. The van der Waals surface area contributed by atoms with Crippen molar-refractivity contribution in [2.45, 2.75) is 25.9 Å². The van der Waals surface area contributed by atoms with Gasteiger partial charge in [-0.1, -0.05) is 35.9 Å². The Kier molecular flexibility index (Phi) is 9.22. The normalized spacial score (nSPS) is 13.7. The van der Waals surface area contributed by atoms with E-state index >= 15 is 0 Å². The second-order valence-corrected chi connectivity index (χ2v) is 6.65. The lowest BCUT2D eigenvalue weighted by Gasteiger charge is -2.16. The van der Waals surface area contributed by atoms with Crippen molar-refractivity contribution < 1.29 is 0 Å². The fourth-order valence-electron chi connectivity index (χ4n) is 3.38. The van der Waals surface area contributed by atoms with E-state index in [1.54, 1.807) is 0 Å². The molecule has 0 aliphatic carbocycles. The van der Waals surface area contributed by atoms with Crippen LogP contribution in [0.1, 0.15) is 24.2 Å². The van der Waals surface area contributed by atoms with E-state index < -0.39 is 0 Å². The Morgan fingerprint density at radius 2 is 1.62 bits per heavy atom. The molecule has 142 valence electrons. The maximum atomic E-state index is 6.15. The van der Waals surface area contributed by atoms with Crippen LogP contribution in [0, 0.1) is 0 Å². The van der Waals surface area contributed by atoms with Crippen LogP contribution in [0.3, 0.4) is 0 Å². The van der Waals surface area contributed by atoms with E-state index in [1.165, 1.54) is 37.0 Å². The summed E-state index contributed by atoms with van der Waals surface area (Å²) in [4.78, 5) is 7.38. The zero-order chi connectivity index (χ0) is 15.6. The van der Waals surface area contributed by atoms with Gasteiger partial charge in [-0.15, -0.1) is 37.2 Å². The summed E-state index contributed by atoms with van der Waals surface area (Å²) in [6.07, 6.45) is 2.60. The van der Waals surface area contributed by atoms with Crippen LogP contribution in [0.2, 0.25) is 5.02 Å². The molecular weight excluding hydrogens is 412 g/mol. The van der Waals surface area contributed by atoms with Crippen molar-refractivity contribution in [2.75, 3.05) is 13.1 Å². The molecule has 0 bridgehead atoms. The second-order valence-electron chi connectivity index (χ2n) is 6.22. The Labute approximate surface area is 178 Å². The Balaban J connectivity index is 0.00000113. The smallest absolute Gasteiger partial charge is 0.124 e. The molecular formula is C19H23Cl4N3. The summed E-state index contributed by atoms with van der Waals surface area (Å²) in [5, 5.41) is 0.785. The van der Waals surface area contributed by atoms with Crippen LogP contribution in [0.15, 0.2) is 48.5 Å². The SMILES string of the molecule is Cl.Cl.Cl.Clc1cccc(Cn2c(CN3CCCC3)nc3ccccc32)c1. The molecule has 2 heterocycles. The number of hydrogen-bond donors (Lipinski definition) is 0. The van der Waals surface area contributed by atoms with Crippen LogP contribution in [-0.2, 0) is 13.1 Å². The van der Waals surface area contributed by atoms with Gasteiger partial charge >= 0.3 is 0 Å². The lowest BCUT2D eigenvalue weighted by molar-refractivity contribution is 0.318. The molecule has 3 aromatic rings. The first kappa shape index (κ1) is 23.1. The van der Waals surface area contributed by atoms with E-state index in [0.717, 1.165) is 29.5 Å². The van der Waals surface area contributed by atoms with Crippen molar-refractivity contribution >= 4 is 59.9 Å². The summed E-state index contributed by atoms with van der Waals surface area (Å²) < 4.78 is 2.33. The van der Waals surface area contributed by atoms with Crippen molar-refractivity contribution in [3.05, 3.63) is 64.9 Å². The van der Waals surface area contributed by atoms with Gasteiger partial charge in [0.25, 0.3) is 0 Å². The summed E-state index contributed by atoms with van der Waals surface area (Å²) in [7, 11) is 0. The highest BCUT2D eigenvalue weighted by Gasteiger charge is 2.17. The highest BCUT2D eigenvalue weighted by atomic mass is 35.5. The minimum Gasteiger partial charge on any atom is -0.322 e. The molecule has 2 aromatic carbocycles. The monoisotopic (exact) mass is 433 g/mol. The molecule has 1 fully saturated rings. The van der Waals surface area contributed by atoms with Crippen LogP contribution >= 0.6 is 48.8 Å². The summed E-state index contributed by atoms with van der Waals surface area (Å²) in [5.41, 5.74) is 3.48. The summed E-state index contributed by atoms with van der Waals surface area (Å²) in [6, 6.07) is 16.5. The number of para-hydroxylation sites is 2. The highest BCUT2D eigenvalue weighted by Crippen LogP contribution is 2.21. The lowest BCUT2D eigenvalue weighted by Crippen LogP contribution is -2.21. The van der Waals surface area contributed by atoms with Crippen molar-refractivity contribution in [1.82, 2.24) is 14.5 Å². The van der Waals surface area contributed by atoms with E-state index in [4.69, 9.17) is 16.6 Å². The first-order valence-corrected chi connectivity index (χ1v) is 8.58. The topological polar surface area (TPSA) is 21.1 Å². The predicted molar refractivity (Wildman–Crippen MR) is 117 cm³/mol. The fourth-order valence-corrected chi connectivity index (χ4v) is 3.59. The van der Waals surface area contributed by atoms with Crippen LogP contribution in [-0.4, -0.2) is 27.5 Å². The molecule has 26 heavy (non-hydrogen) atoms. The van der Waals surface area contributed by atoms with Crippen LogP contribution in [0.5, 0.6) is 0 Å². The minimum absolute atomic E-state index is 0. The van der Waals surface area contributed by atoms with Gasteiger partial charge in [0.05, 0.1) is 17.6 Å². The second kappa shape index (κ2) is 10.4. The molecule has 3 nitrogen and oxygen atoms in total. The zero-order valence-corrected chi connectivity index (χ0v) is 17.5. The lowest BCUT2D eigenvalue weighted by atomic mass is 10.2. The maximum Gasteiger partial charge on any atom is 0.124 e. The molecule has 0 amide bonds. The Morgan fingerprint density at radius 1 is 0.885 bits per heavy atom. The largest absolute Gasteiger partial charge is 0.322 e. The first-order chi connectivity index (χ1) is 11.3. The van der Waals surface area contributed by atoms with Gasteiger partial charge in [-0.25, -0.2) is 4.98 Å². The van der Waals surface area contributed by atoms with Crippen molar-refractivity contribution in [3.63, 3.8) is 0 Å². The third-order valence-corrected chi connectivity index (χ3v) is 4.76. The maximum absolute atomic E-state index is 6.15. The van der Waals surface area contributed by atoms with E-state index in [1.807, 2.05) is 18.2 Å². The third-order valence-electron chi connectivity index (χ3n) is 4.53. The van der Waals surface area contributed by atoms with Crippen molar-refractivity contribution in [1.29, 1.82) is 0 Å². The first-order valence-electron chi connectivity index (χ1n) is 8.20. The average molecular weight is 435 g/mol. The van der Waals surface area contributed by atoms with Gasteiger partial charge in [0.15, 0.2) is 0 Å². The van der Waals surface area contributed by atoms with Gasteiger partial charge in [-0.3, -0.25) is 4.90 Å². The van der Waals surface area contributed by atoms with Crippen molar-refractivity contribution in [2.24, 2.45) is 0 Å². The fraction of sp³-hybridized carbons (Fsp3) is 0.316. The van der Waals surface area contributed by atoms with Gasteiger partial charge in [-0.05, 0) is 55.8 Å². The molecule has 1 aliphatic rings. The van der Waals surface area contributed by atoms with E-state index in [9.17, 15) is 0 Å². The van der Waals surface area contributed by atoms with Gasteiger partial charge in [0, 0.05) is 11.6 Å². The molecule has 1 aromatic heterocycles. The molecule has 4 rings (SSSR count). The molecule has 0 N–H and O–H groups in total. The van der Waals surface area contributed by atoms with Crippen LogP contribution in [0.4, 0.5) is 0 Å². The number of nitrogens with zero attached hydrogens (tertiary/aromatic N) is 3. The number of benzene rings is 2. The number of aromatic nitrogens is 2. The summed E-state index contributed by atoms with van der Waals surface area (Å²) >= 11 is 6.15. The number of imidazole rings is 1. The number of hydrogen-bond acceptors (Lipinski definition) is 2. The van der Waals surface area contributed by atoms with Gasteiger partial charge < -0.3 is 4.57 Å². The molecule has 0 spiro atoms. The molecule has 0 unspecified atom stereocenters. The summed E-state index contributed by atoms with van der Waals surface area (Å²) in [6.45, 7) is 4.10. The molecule has 1 aliphatic heterocycles. The zero-order valence-electron chi connectivity index (χ0n) is 14.3. The number of fused-ring (bicyclic) bond motifs is 1. The Bertz CT molecular complexity index is 829. The molecule has 0 radical (unpaired) electrons. The highest BCUT2D eigenvalue weighted by molar-refractivity contribution is 6.30. The number of halogens is 4. The molecule has 0 saturated carbocycles. The minimum atomic E-state index is 0. The van der Waals surface area contributed by atoms with E-state index in [2.05, 4.69) is 39.8 Å². The van der Waals surface area contributed by atoms with E-state index in [0.29, 0.717) is 0 Å². The standard InChI is InChI=1S/C19H20ClN3.3ClH/c20-16-7-5-6-15(12-16)13-23-18-9-2-1-8-17(18)21-19(23)14-22-10-3-4-11-22;;;/h1-2,5-9,12H,3-4,10-11,13-14H2;3*1H. The molecule has 0 atom stereocenters. The van der Waals surface area contributed by atoms with Crippen LogP contribution in [0.25, 0.3) is 11.0 Å². The summed E-state index contributed by atoms with van der Waals surface area (Å²) in [5.74, 6) is 1.15. The van der Waals surface area contributed by atoms with Gasteiger partial charge in [0.1, 0.15) is 5.82 Å². The third kappa shape index (κ3) is 5.05.